The summed E-state index contributed by atoms with van der Waals surface area (Å²) in [5, 5.41) is 3.52. The Kier molecular flexibility index (Phi) is 2.85. The number of imidazole rings is 1. The van der Waals surface area contributed by atoms with Crippen molar-refractivity contribution in [3.05, 3.63) is 42.0 Å². The lowest BCUT2D eigenvalue weighted by Gasteiger charge is -2.14. The molecule has 0 unspecified atom stereocenters. The van der Waals surface area contributed by atoms with E-state index in [0.29, 0.717) is 12.8 Å². The molecule has 1 aromatic carbocycles. The van der Waals surface area contributed by atoms with Crippen molar-refractivity contribution >= 4 is 0 Å². The monoisotopic (exact) mass is 271 g/mol. The summed E-state index contributed by atoms with van der Waals surface area (Å²) in [6.45, 7) is 2.23. The first-order valence-corrected chi connectivity index (χ1v) is 7.02. The molecule has 0 bridgehead atoms. The fourth-order valence-corrected chi connectivity index (χ4v) is 2.93. The molecule has 1 atom stereocenters. The topological polar surface area (TPSA) is 48.3 Å². The molecule has 0 saturated carbocycles. The zero-order valence-corrected chi connectivity index (χ0v) is 11.2. The molecule has 20 heavy (non-hydrogen) atoms. The molecule has 0 amide bonds. The van der Waals surface area contributed by atoms with Crippen LogP contribution in [0.1, 0.15) is 30.1 Å². The molecule has 2 aliphatic heterocycles. The highest BCUT2D eigenvalue weighted by Gasteiger charge is 2.20. The predicted molar refractivity (Wildman–Crippen MR) is 73.9 cm³/mol. The number of rotatable bonds is 3. The molecule has 2 aromatic rings. The summed E-state index contributed by atoms with van der Waals surface area (Å²) in [6, 6.07) is 6.54. The molecule has 5 nitrogen and oxygen atoms in total. The second-order valence-corrected chi connectivity index (χ2v) is 5.28. The molecule has 5 heteroatoms. The van der Waals surface area contributed by atoms with Gasteiger partial charge in [0.1, 0.15) is 0 Å². The summed E-state index contributed by atoms with van der Waals surface area (Å²) in [5.41, 5.74) is 2.46. The van der Waals surface area contributed by atoms with Gasteiger partial charge >= 0.3 is 0 Å². The number of nitrogens with zero attached hydrogens (tertiary/aromatic N) is 2. The zero-order chi connectivity index (χ0) is 13.4. The van der Waals surface area contributed by atoms with E-state index in [9.17, 15) is 0 Å². The quantitative estimate of drug-likeness (QED) is 0.928. The van der Waals surface area contributed by atoms with Gasteiger partial charge in [0.15, 0.2) is 11.5 Å². The largest absolute Gasteiger partial charge is 0.454 e. The van der Waals surface area contributed by atoms with Gasteiger partial charge in [0.2, 0.25) is 6.79 Å². The minimum atomic E-state index is 0.321. The van der Waals surface area contributed by atoms with E-state index in [0.717, 1.165) is 24.6 Å². The fourth-order valence-electron chi connectivity index (χ4n) is 2.93. The smallest absolute Gasteiger partial charge is 0.231 e. The Balaban J connectivity index is 1.58. The lowest BCUT2D eigenvalue weighted by Crippen LogP contribution is -2.17. The van der Waals surface area contributed by atoms with Crippen LogP contribution in [-0.4, -0.2) is 22.9 Å². The first kappa shape index (κ1) is 11.8. The maximum absolute atomic E-state index is 5.43. The van der Waals surface area contributed by atoms with E-state index in [-0.39, 0.29) is 0 Å². The molecular weight excluding hydrogens is 254 g/mol. The van der Waals surface area contributed by atoms with Crippen LogP contribution < -0.4 is 14.8 Å². The highest BCUT2D eigenvalue weighted by molar-refractivity contribution is 5.44. The number of hydrogen-bond donors (Lipinski definition) is 1. The first-order valence-electron chi connectivity index (χ1n) is 7.02. The van der Waals surface area contributed by atoms with Crippen LogP contribution in [0.4, 0.5) is 0 Å². The van der Waals surface area contributed by atoms with Gasteiger partial charge in [-0.1, -0.05) is 6.07 Å². The molecule has 0 radical (unpaired) electrons. The molecule has 2 aliphatic rings. The van der Waals surface area contributed by atoms with Crippen molar-refractivity contribution in [2.45, 2.75) is 25.4 Å². The minimum Gasteiger partial charge on any atom is -0.454 e. The van der Waals surface area contributed by atoms with Crippen molar-refractivity contribution in [3.63, 3.8) is 0 Å². The van der Waals surface area contributed by atoms with Gasteiger partial charge < -0.3 is 19.4 Å². The lowest BCUT2D eigenvalue weighted by molar-refractivity contribution is 0.174. The third-order valence-electron chi connectivity index (χ3n) is 3.95. The Morgan fingerprint density at radius 2 is 2.25 bits per heavy atom. The van der Waals surface area contributed by atoms with Crippen molar-refractivity contribution in [1.82, 2.24) is 14.9 Å². The van der Waals surface area contributed by atoms with Gasteiger partial charge in [-0.15, -0.1) is 0 Å². The molecule has 104 valence electrons. The van der Waals surface area contributed by atoms with Gasteiger partial charge in [0.25, 0.3) is 0 Å². The molecule has 4 rings (SSSR count). The Morgan fingerprint density at radius 1 is 1.30 bits per heavy atom. The highest BCUT2D eigenvalue weighted by Crippen LogP contribution is 2.33. The maximum Gasteiger partial charge on any atom is 0.231 e. The molecule has 1 N–H and O–H groups in total. The third-order valence-corrected chi connectivity index (χ3v) is 3.95. The van der Waals surface area contributed by atoms with E-state index in [1.54, 1.807) is 0 Å². The number of fused-ring (bicyclic) bond motifs is 1. The van der Waals surface area contributed by atoms with Crippen molar-refractivity contribution < 1.29 is 9.47 Å². The second-order valence-electron chi connectivity index (χ2n) is 5.28. The van der Waals surface area contributed by atoms with Crippen LogP contribution in [-0.2, 0) is 6.54 Å². The number of nitrogens with one attached hydrogen (secondary N) is 1. The molecule has 1 fully saturated rings. The summed E-state index contributed by atoms with van der Waals surface area (Å²) >= 11 is 0. The van der Waals surface area contributed by atoms with Gasteiger partial charge in [-0.2, -0.15) is 0 Å². The van der Waals surface area contributed by atoms with Gasteiger partial charge in [-0.3, -0.25) is 0 Å². The van der Waals surface area contributed by atoms with E-state index in [1.165, 1.54) is 24.1 Å². The van der Waals surface area contributed by atoms with Gasteiger partial charge in [0, 0.05) is 18.8 Å². The second kappa shape index (κ2) is 4.83. The van der Waals surface area contributed by atoms with E-state index in [4.69, 9.17) is 9.47 Å². The molecule has 1 aromatic heterocycles. The van der Waals surface area contributed by atoms with Crippen molar-refractivity contribution in [1.29, 1.82) is 0 Å². The van der Waals surface area contributed by atoms with E-state index in [1.807, 2.05) is 24.7 Å². The number of benzene rings is 1. The Bertz CT molecular complexity index is 617. The highest BCUT2D eigenvalue weighted by atomic mass is 16.7. The third kappa shape index (κ3) is 2.04. The lowest BCUT2D eigenvalue weighted by atomic mass is 10.1. The van der Waals surface area contributed by atoms with Gasteiger partial charge in [-0.05, 0) is 37.1 Å². The summed E-state index contributed by atoms with van der Waals surface area (Å²) in [7, 11) is 0. The number of hydrogen-bond acceptors (Lipinski definition) is 4. The standard InChI is InChI=1S/C15H17N3O2/c1-2-12(17-5-1)13-7-16-9-18(13)8-11-3-4-14-15(6-11)20-10-19-14/h3-4,6-7,9,12,17H,1-2,5,8,10H2/t12-/m0/s1. The van der Waals surface area contributed by atoms with E-state index in [2.05, 4.69) is 20.9 Å². The zero-order valence-electron chi connectivity index (χ0n) is 11.2. The van der Waals surface area contributed by atoms with Crippen LogP contribution in [0, 0.1) is 0 Å². The number of aromatic nitrogens is 2. The Labute approximate surface area is 117 Å². The van der Waals surface area contributed by atoms with Crippen LogP contribution in [0.3, 0.4) is 0 Å². The summed E-state index contributed by atoms with van der Waals surface area (Å²) in [6.07, 6.45) is 6.29. The van der Waals surface area contributed by atoms with Crippen molar-refractivity contribution in [2.24, 2.45) is 0 Å². The van der Waals surface area contributed by atoms with Crippen LogP contribution in [0.2, 0.25) is 0 Å². The molecular formula is C15H17N3O2. The molecule has 0 spiro atoms. The fraction of sp³-hybridized carbons (Fsp3) is 0.400. The van der Waals surface area contributed by atoms with E-state index < -0.39 is 0 Å². The molecule has 1 saturated heterocycles. The van der Waals surface area contributed by atoms with Crippen LogP contribution in [0.25, 0.3) is 0 Å². The average molecular weight is 271 g/mol. The van der Waals surface area contributed by atoms with E-state index >= 15 is 0 Å². The number of ether oxygens (including phenoxy) is 2. The van der Waals surface area contributed by atoms with Crippen LogP contribution in [0.5, 0.6) is 11.5 Å². The summed E-state index contributed by atoms with van der Waals surface area (Å²) in [5.74, 6) is 1.67. The average Bonchev–Trinajstić information content (AvgIpc) is 3.19. The van der Waals surface area contributed by atoms with Crippen molar-refractivity contribution in [3.8, 4) is 11.5 Å². The Hall–Kier alpha value is -2.01. The van der Waals surface area contributed by atoms with Gasteiger partial charge in [-0.25, -0.2) is 4.98 Å². The van der Waals surface area contributed by atoms with Crippen LogP contribution in [0.15, 0.2) is 30.7 Å². The van der Waals surface area contributed by atoms with Gasteiger partial charge in [0.05, 0.1) is 12.0 Å². The minimum absolute atomic E-state index is 0.321. The maximum atomic E-state index is 5.43. The van der Waals surface area contributed by atoms with Crippen LogP contribution >= 0.6 is 0 Å². The molecule has 0 aliphatic carbocycles. The molecule has 3 heterocycles. The normalized spacial score (nSPS) is 20.5. The first-order chi connectivity index (χ1) is 9.90. The van der Waals surface area contributed by atoms with Crippen molar-refractivity contribution in [2.75, 3.05) is 13.3 Å². The SMILES string of the molecule is c1cc2c(cc1Cn1cncc1[C@@H]1CCCN1)OCO2. The summed E-state index contributed by atoms with van der Waals surface area (Å²) in [4.78, 5) is 4.30. The summed E-state index contributed by atoms with van der Waals surface area (Å²) < 4.78 is 13.0. The predicted octanol–water partition coefficient (Wildman–Crippen LogP) is 2.08. The Morgan fingerprint density at radius 3 is 3.15 bits per heavy atom.